The van der Waals surface area contributed by atoms with E-state index in [9.17, 15) is 9.90 Å². The van der Waals surface area contributed by atoms with Crippen molar-refractivity contribution in [1.29, 1.82) is 0 Å². The van der Waals surface area contributed by atoms with Crippen molar-refractivity contribution in [3.8, 4) is 0 Å². The standard InChI is InChI=1S/C14H20N2O3/c1-10(11-5-6-11)16(8-9-19-2)13-12(14(17)18)4-3-7-15-13/h3-4,7,10-11H,5-6,8-9H2,1-2H3,(H,17,18). The van der Waals surface area contributed by atoms with Gasteiger partial charge in [0.2, 0.25) is 0 Å². The fraction of sp³-hybridized carbons (Fsp3) is 0.571. The van der Waals surface area contributed by atoms with Gasteiger partial charge in [-0.25, -0.2) is 9.78 Å². The summed E-state index contributed by atoms with van der Waals surface area (Å²) in [4.78, 5) is 17.6. The monoisotopic (exact) mass is 264 g/mol. The fourth-order valence-corrected chi connectivity index (χ4v) is 2.32. The number of aromatic carboxylic acids is 1. The van der Waals surface area contributed by atoms with E-state index in [1.807, 2.05) is 0 Å². The highest BCUT2D eigenvalue weighted by Crippen LogP contribution is 2.37. The molecule has 5 heteroatoms. The zero-order chi connectivity index (χ0) is 13.8. The molecule has 1 aromatic rings. The van der Waals surface area contributed by atoms with E-state index in [2.05, 4.69) is 16.8 Å². The number of ether oxygens (including phenoxy) is 1. The van der Waals surface area contributed by atoms with Crippen LogP contribution in [0.15, 0.2) is 18.3 Å². The van der Waals surface area contributed by atoms with Crippen molar-refractivity contribution in [1.82, 2.24) is 4.98 Å². The molecule has 0 saturated heterocycles. The maximum Gasteiger partial charge on any atom is 0.339 e. The van der Waals surface area contributed by atoms with Crippen LogP contribution in [-0.4, -0.2) is 42.4 Å². The Morgan fingerprint density at radius 3 is 2.95 bits per heavy atom. The summed E-state index contributed by atoms with van der Waals surface area (Å²) in [6.45, 7) is 3.35. The quantitative estimate of drug-likeness (QED) is 0.816. The predicted molar refractivity (Wildman–Crippen MR) is 72.6 cm³/mol. The molecule has 0 aliphatic heterocycles. The highest BCUT2D eigenvalue weighted by Gasteiger charge is 2.33. The number of anilines is 1. The van der Waals surface area contributed by atoms with Crippen LogP contribution >= 0.6 is 0 Å². The molecule has 1 N–H and O–H groups in total. The van der Waals surface area contributed by atoms with E-state index in [0.717, 1.165) is 0 Å². The predicted octanol–water partition coefficient (Wildman–Crippen LogP) is 2.03. The summed E-state index contributed by atoms with van der Waals surface area (Å²) in [5.41, 5.74) is 0.256. The van der Waals surface area contributed by atoms with E-state index >= 15 is 0 Å². The third kappa shape index (κ3) is 3.23. The van der Waals surface area contributed by atoms with Gasteiger partial charge in [-0.05, 0) is 37.8 Å². The average molecular weight is 264 g/mol. The lowest BCUT2D eigenvalue weighted by Crippen LogP contribution is -2.38. The number of nitrogens with zero attached hydrogens (tertiary/aromatic N) is 2. The van der Waals surface area contributed by atoms with Crippen molar-refractivity contribution < 1.29 is 14.6 Å². The molecule has 1 aromatic heterocycles. The summed E-state index contributed by atoms with van der Waals surface area (Å²) in [6, 6.07) is 3.55. The van der Waals surface area contributed by atoms with Gasteiger partial charge >= 0.3 is 5.97 Å². The third-order valence-corrected chi connectivity index (χ3v) is 3.62. The average Bonchev–Trinajstić information content (AvgIpc) is 3.23. The highest BCUT2D eigenvalue weighted by atomic mass is 16.5. The number of pyridine rings is 1. The molecule has 1 heterocycles. The second-order valence-electron chi connectivity index (χ2n) is 4.94. The minimum atomic E-state index is -0.937. The number of aromatic nitrogens is 1. The molecule has 0 radical (unpaired) electrons. The maximum absolute atomic E-state index is 11.3. The lowest BCUT2D eigenvalue weighted by Gasteiger charge is -2.31. The summed E-state index contributed by atoms with van der Waals surface area (Å²) in [5.74, 6) is 0.250. The first-order valence-corrected chi connectivity index (χ1v) is 6.59. The van der Waals surface area contributed by atoms with Gasteiger partial charge in [0.05, 0.1) is 6.61 Å². The van der Waals surface area contributed by atoms with Gasteiger partial charge in [0.25, 0.3) is 0 Å². The maximum atomic E-state index is 11.3. The van der Waals surface area contributed by atoms with Crippen LogP contribution in [-0.2, 0) is 4.74 Å². The smallest absolute Gasteiger partial charge is 0.339 e. The van der Waals surface area contributed by atoms with Crippen LogP contribution in [0.5, 0.6) is 0 Å². The lowest BCUT2D eigenvalue weighted by molar-refractivity contribution is 0.0697. The van der Waals surface area contributed by atoms with Gasteiger partial charge in [-0.1, -0.05) is 0 Å². The van der Waals surface area contributed by atoms with Crippen LogP contribution in [0, 0.1) is 5.92 Å². The Kier molecular flexibility index (Phi) is 4.37. The van der Waals surface area contributed by atoms with E-state index in [4.69, 9.17) is 4.74 Å². The second-order valence-corrected chi connectivity index (χ2v) is 4.94. The summed E-state index contributed by atoms with van der Waals surface area (Å²) in [7, 11) is 1.65. The number of carboxylic acid groups (broad SMARTS) is 1. The molecule has 0 amide bonds. The van der Waals surface area contributed by atoms with Gasteiger partial charge in [-0.15, -0.1) is 0 Å². The van der Waals surface area contributed by atoms with Crippen molar-refractivity contribution in [3.63, 3.8) is 0 Å². The molecule has 0 spiro atoms. The van der Waals surface area contributed by atoms with E-state index in [0.29, 0.717) is 30.9 Å². The zero-order valence-corrected chi connectivity index (χ0v) is 11.4. The normalized spacial score (nSPS) is 16.1. The molecule has 1 aliphatic rings. The molecule has 2 rings (SSSR count). The molecule has 1 unspecified atom stereocenters. The van der Waals surface area contributed by atoms with Crippen LogP contribution in [0.25, 0.3) is 0 Å². The minimum absolute atomic E-state index is 0.256. The van der Waals surface area contributed by atoms with Crippen LogP contribution in [0.1, 0.15) is 30.1 Å². The SMILES string of the molecule is COCCN(c1ncccc1C(=O)O)C(C)C1CC1. The van der Waals surface area contributed by atoms with Crippen LogP contribution in [0.4, 0.5) is 5.82 Å². The number of carboxylic acids is 1. The van der Waals surface area contributed by atoms with Gasteiger partial charge in [0.15, 0.2) is 0 Å². The zero-order valence-electron chi connectivity index (χ0n) is 11.4. The van der Waals surface area contributed by atoms with Crippen molar-refractivity contribution in [2.45, 2.75) is 25.8 Å². The summed E-state index contributed by atoms with van der Waals surface area (Å²) < 4.78 is 5.13. The van der Waals surface area contributed by atoms with E-state index in [1.54, 1.807) is 25.4 Å². The number of hydrogen-bond donors (Lipinski definition) is 1. The van der Waals surface area contributed by atoms with Crippen LogP contribution < -0.4 is 4.90 Å². The molecule has 19 heavy (non-hydrogen) atoms. The Morgan fingerprint density at radius 2 is 2.37 bits per heavy atom. The van der Waals surface area contributed by atoms with Gasteiger partial charge in [-0.2, -0.15) is 0 Å². The number of carbonyl (C=O) groups is 1. The summed E-state index contributed by atoms with van der Waals surface area (Å²) in [6.07, 6.45) is 4.06. The number of methoxy groups -OCH3 is 1. The molecule has 0 bridgehead atoms. The van der Waals surface area contributed by atoms with E-state index in [1.165, 1.54) is 12.8 Å². The minimum Gasteiger partial charge on any atom is -0.478 e. The van der Waals surface area contributed by atoms with E-state index in [-0.39, 0.29) is 5.56 Å². The molecule has 104 valence electrons. The Labute approximate surface area is 113 Å². The Bertz CT molecular complexity index is 446. The molecule has 0 aromatic carbocycles. The largest absolute Gasteiger partial charge is 0.478 e. The molecule has 5 nitrogen and oxygen atoms in total. The van der Waals surface area contributed by atoms with Crippen LogP contribution in [0.3, 0.4) is 0 Å². The first kappa shape index (κ1) is 13.8. The molecule has 1 fully saturated rings. The molecule has 1 atom stereocenters. The van der Waals surface area contributed by atoms with Crippen LogP contribution in [0.2, 0.25) is 0 Å². The second kappa shape index (κ2) is 6.02. The first-order valence-electron chi connectivity index (χ1n) is 6.59. The number of rotatable bonds is 7. The Balaban J connectivity index is 2.28. The van der Waals surface area contributed by atoms with Gasteiger partial charge in [0.1, 0.15) is 11.4 Å². The van der Waals surface area contributed by atoms with Gasteiger partial charge in [0, 0.05) is 25.9 Å². The lowest BCUT2D eigenvalue weighted by atomic mass is 10.1. The van der Waals surface area contributed by atoms with Crippen molar-refractivity contribution in [2.75, 3.05) is 25.2 Å². The number of hydrogen-bond acceptors (Lipinski definition) is 4. The van der Waals surface area contributed by atoms with E-state index < -0.39 is 5.97 Å². The topological polar surface area (TPSA) is 62.7 Å². The highest BCUT2D eigenvalue weighted by molar-refractivity contribution is 5.93. The van der Waals surface area contributed by atoms with Crippen molar-refractivity contribution in [3.05, 3.63) is 23.9 Å². The molecule has 1 saturated carbocycles. The fourth-order valence-electron chi connectivity index (χ4n) is 2.32. The molecular formula is C14H20N2O3. The Morgan fingerprint density at radius 1 is 1.63 bits per heavy atom. The third-order valence-electron chi connectivity index (χ3n) is 3.62. The molecule has 1 aliphatic carbocycles. The van der Waals surface area contributed by atoms with Crippen molar-refractivity contribution in [2.24, 2.45) is 5.92 Å². The van der Waals surface area contributed by atoms with Gasteiger partial charge in [-0.3, -0.25) is 0 Å². The van der Waals surface area contributed by atoms with Gasteiger partial charge < -0.3 is 14.7 Å². The first-order chi connectivity index (χ1) is 9.15. The summed E-state index contributed by atoms with van der Waals surface area (Å²) >= 11 is 0. The van der Waals surface area contributed by atoms with Crippen molar-refractivity contribution >= 4 is 11.8 Å². The molecular weight excluding hydrogens is 244 g/mol. The Hall–Kier alpha value is -1.62. The summed E-state index contributed by atoms with van der Waals surface area (Å²) in [5, 5.41) is 9.28.